The number of nitrogens with zero attached hydrogens (tertiary/aromatic N) is 1. The number of hydrogen-bond donors (Lipinski definition) is 0. The van der Waals surface area contributed by atoms with Crippen LogP contribution in [0.15, 0.2) is 72.8 Å². The first kappa shape index (κ1) is 31.9. The highest BCUT2D eigenvalue weighted by Crippen LogP contribution is 2.19. The number of unbranched alkanes of at least 4 members (excludes halogenated alkanes) is 5. The smallest absolute Gasteiger partial charge is 0.366 e. The summed E-state index contributed by atoms with van der Waals surface area (Å²) in [6.07, 6.45) is 10.6. The molecule has 41 heavy (non-hydrogen) atoms. The van der Waals surface area contributed by atoms with Crippen molar-refractivity contribution in [2.75, 3.05) is 20.8 Å². The van der Waals surface area contributed by atoms with E-state index in [-0.39, 0.29) is 5.97 Å². The monoisotopic (exact) mass is 577 g/mol. The number of hydrogen-bond acceptors (Lipinski definition) is 8. The van der Waals surface area contributed by atoms with Crippen LogP contribution in [-0.2, 0) is 37.2 Å². The molecule has 0 spiro atoms. The van der Waals surface area contributed by atoms with Crippen LogP contribution in [0.1, 0.15) is 71.4 Å². The molecule has 8 heteroatoms. The van der Waals surface area contributed by atoms with Gasteiger partial charge in [-0.05, 0) is 72.9 Å². The molecule has 7 nitrogen and oxygen atoms in total. The highest BCUT2D eigenvalue weighted by atomic mass is 32.2. The van der Waals surface area contributed by atoms with E-state index in [1.54, 1.807) is 31.0 Å². The lowest BCUT2D eigenvalue weighted by Gasteiger charge is -2.05. The Morgan fingerprint density at radius 1 is 0.829 bits per heavy atom. The molecule has 1 aromatic heterocycles. The van der Waals surface area contributed by atoms with Gasteiger partial charge in [-0.15, -0.1) is 0 Å². The van der Waals surface area contributed by atoms with Crippen molar-refractivity contribution in [2.45, 2.75) is 56.5 Å². The molecule has 218 valence electrons. The van der Waals surface area contributed by atoms with Crippen LogP contribution in [0, 0.1) is 0 Å². The SMILES string of the molecule is COC(=O)c1cccc(CSCc2cccc(C=CC(=O)OOCCCCCCCCc3ccc(OC)cc3)n2)c1. The molecule has 0 atom stereocenters. The summed E-state index contributed by atoms with van der Waals surface area (Å²) in [7, 11) is 3.06. The molecule has 0 saturated heterocycles. The van der Waals surface area contributed by atoms with Crippen molar-refractivity contribution in [1.82, 2.24) is 4.98 Å². The third-order valence-electron chi connectivity index (χ3n) is 6.33. The predicted octanol–water partition coefficient (Wildman–Crippen LogP) is 7.38. The number of carbonyl (C=O) groups is 2. The summed E-state index contributed by atoms with van der Waals surface area (Å²) < 4.78 is 9.97. The zero-order chi connectivity index (χ0) is 29.1. The van der Waals surface area contributed by atoms with Gasteiger partial charge in [0, 0.05) is 17.6 Å². The van der Waals surface area contributed by atoms with E-state index in [1.165, 1.54) is 38.0 Å². The van der Waals surface area contributed by atoms with E-state index in [1.807, 2.05) is 48.5 Å². The third-order valence-corrected chi connectivity index (χ3v) is 7.37. The lowest BCUT2D eigenvalue weighted by atomic mass is 10.0. The van der Waals surface area contributed by atoms with E-state index >= 15 is 0 Å². The Bertz CT molecular complexity index is 1240. The van der Waals surface area contributed by atoms with Crippen LogP contribution in [0.5, 0.6) is 5.75 Å². The summed E-state index contributed by atoms with van der Waals surface area (Å²) >= 11 is 1.69. The molecule has 0 fully saturated rings. The summed E-state index contributed by atoms with van der Waals surface area (Å²) in [6, 6.07) is 21.3. The third kappa shape index (κ3) is 12.6. The summed E-state index contributed by atoms with van der Waals surface area (Å²) in [6.45, 7) is 0.388. The van der Waals surface area contributed by atoms with Crippen molar-refractivity contribution in [3.63, 3.8) is 0 Å². The van der Waals surface area contributed by atoms with Crippen LogP contribution in [0.25, 0.3) is 6.08 Å². The highest BCUT2D eigenvalue weighted by molar-refractivity contribution is 7.97. The van der Waals surface area contributed by atoms with Gasteiger partial charge < -0.3 is 9.47 Å². The normalized spacial score (nSPS) is 11.0. The second-order valence-corrected chi connectivity index (χ2v) is 10.5. The van der Waals surface area contributed by atoms with E-state index in [9.17, 15) is 9.59 Å². The predicted molar refractivity (Wildman–Crippen MR) is 162 cm³/mol. The zero-order valence-corrected chi connectivity index (χ0v) is 24.7. The molecule has 0 N–H and O–H groups in total. The Morgan fingerprint density at radius 3 is 2.37 bits per heavy atom. The first-order valence-corrected chi connectivity index (χ1v) is 15.1. The average molecular weight is 578 g/mol. The molecule has 0 amide bonds. The molecule has 0 aliphatic heterocycles. The molecular formula is C33H39NO6S. The number of rotatable bonds is 18. The Hall–Kier alpha value is -3.62. The molecule has 2 aromatic carbocycles. The fourth-order valence-corrected chi connectivity index (χ4v) is 5.01. The Balaban J connectivity index is 1.23. The van der Waals surface area contributed by atoms with Gasteiger partial charge >= 0.3 is 11.9 Å². The van der Waals surface area contributed by atoms with Gasteiger partial charge in [0.15, 0.2) is 0 Å². The van der Waals surface area contributed by atoms with Crippen molar-refractivity contribution in [3.8, 4) is 5.75 Å². The van der Waals surface area contributed by atoms with Gasteiger partial charge in [-0.3, -0.25) is 9.87 Å². The standard InChI is InChI=1S/C33H39NO6S/c1-37-31-19-16-26(17-20-31)11-7-5-3-4-6-8-22-39-40-32(35)21-18-29-14-10-15-30(34-29)25-41-24-27-12-9-13-28(23-27)33(36)38-2/h9-10,12-21,23H,3-8,11,22,24-25H2,1-2H3. The summed E-state index contributed by atoms with van der Waals surface area (Å²) in [5, 5.41) is 0. The Kier molecular flexibility index (Phi) is 14.5. The number of benzene rings is 2. The molecular weight excluding hydrogens is 538 g/mol. The number of aromatic nitrogens is 1. The summed E-state index contributed by atoms with van der Waals surface area (Å²) in [5.74, 6) is 1.42. The van der Waals surface area contributed by atoms with Crippen molar-refractivity contribution in [2.24, 2.45) is 0 Å². The first-order valence-electron chi connectivity index (χ1n) is 13.9. The Morgan fingerprint density at radius 2 is 1.59 bits per heavy atom. The van der Waals surface area contributed by atoms with E-state index in [0.717, 1.165) is 48.4 Å². The van der Waals surface area contributed by atoms with Crippen molar-refractivity contribution < 1.29 is 28.8 Å². The Labute approximate surface area is 247 Å². The van der Waals surface area contributed by atoms with Gasteiger partial charge in [-0.1, -0.05) is 56.0 Å². The van der Waals surface area contributed by atoms with E-state index in [0.29, 0.717) is 23.6 Å². The second kappa shape index (κ2) is 18.7. The maximum absolute atomic E-state index is 12.0. The zero-order valence-electron chi connectivity index (χ0n) is 23.9. The molecule has 1 heterocycles. The van der Waals surface area contributed by atoms with Gasteiger partial charge in [0.05, 0.1) is 37.8 Å². The summed E-state index contributed by atoms with van der Waals surface area (Å²) in [4.78, 5) is 38.2. The van der Waals surface area contributed by atoms with E-state index in [2.05, 4.69) is 17.1 Å². The minimum Gasteiger partial charge on any atom is -0.497 e. The van der Waals surface area contributed by atoms with E-state index < -0.39 is 5.97 Å². The van der Waals surface area contributed by atoms with Crippen molar-refractivity contribution in [1.29, 1.82) is 0 Å². The van der Waals surface area contributed by atoms with Crippen molar-refractivity contribution in [3.05, 3.63) is 101 Å². The molecule has 0 bridgehead atoms. The molecule has 3 aromatic rings. The van der Waals surface area contributed by atoms with Crippen LogP contribution in [-0.4, -0.2) is 37.7 Å². The van der Waals surface area contributed by atoms with Crippen LogP contribution in [0.4, 0.5) is 0 Å². The second-order valence-electron chi connectivity index (χ2n) is 9.52. The van der Waals surface area contributed by atoms with Crippen LogP contribution in [0.3, 0.4) is 0 Å². The molecule has 0 radical (unpaired) electrons. The minimum atomic E-state index is -0.560. The topological polar surface area (TPSA) is 84.0 Å². The lowest BCUT2D eigenvalue weighted by Crippen LogP contribution is -2.03. The summed E-state index contributed by atoms with van der Waals surface area (Å²) in [5.41, 5.74) is 4.48. The number of methoxy groups -OCH3 is 2. The fourth-order valence-electron chi connectivity index (χ4n) is 4.12. The quantitative estimate of drug-likeness (QED) is 0.0509. The van der Waals surface area contributed by atoms with Gasteiger partial charge in [0.1, 0.15) is 5.75 Å². The fraction of sp³-hybridized carbons (Fsp3) is 0.364. The van der Waals surface area contributed by atoms with Gasteiger partial charge in [0.2, 0.25) is 0 Å². The molecule has 0 unspecified atom stereocenters. The highest BCUT2D eigenvalue weighted by Gasteiger charge is 2.06. The van der Waals surface area contributed by atoms with E-state index in [4.69, 9.17) is 19.2 Å². The van der Waals surface area contributed by atoms with Crippen molar-refractivity contribution >= 4 is 29.8 Å². The lowest BCUT2D eigenvalue weighted by molar-refractivity contribution is -0.267. The number of thioether (sulfide) groups is 1. The maximum atomic E-state index is 12.0. The van der Waals surface area contributed by atoms with Gasteiger partial charge in [-0.2, -0.15) is 16.6 Å². The van der Waals surface area contributed by atoms with Crippen LogP contribution in [0.2, 0.25) is 0 Å². The van der Waals surface area contributed by atoms with Gasteiger partial charge in [0.25, 0.3) is 0 Å². The first-order chi connectivity index (χ1) is 20.1. The number of esters is 1. The molecule has 0 aliphatic carbocycles. The number of pyridine rings is 1. The molecule has 0 aliphatic rings. The minimum absolute atomic E-state index is 0.342. The van der Waals surface area contributed by atoms with Crippen LogP contribution >= 0.6 is 11.8 Å². The van der Waals surface area contributed by atoms with Crippen LogP contribution < -0.4 is 4.74 Å². The molecule has 0 saturated carbocycles. The molecule has 3 rings (SSSR count). The number of ether oxygens (including phenoxy) is 2. The number of carbonyl (C=O) groups excluding carboxylic acids is 2. The largest absolute Gasteiger partial charge is 0.497 e. The van der Waals surface area contributed by atoms with Gasteiger partial charge in [-0.25, -0.2) is 9.59 Å². The average Bonchev–Trinajstić information content (AvgIpc) is 3.01. The maximum Gasteiger partial charge on any atom is 0.366 e. The number of aryl methyl sites for hydroxylation is 1.